The summed E-state index contributed by atoms with van der Waals surface area (Å²) < 4.78 is 24.5. The maximum atomic E-state index is 12.5. The third-order valence-electron chi connectivity index (χ3n) is 5.93. The van der Waals surface area contributed by atoms with Gasteiger partial charge in [-0.3, -0.25) is 19.5 Å². The summed E-state index contributed by atoms with van der Waals surface area (Å²) in [4.78, 5) is 29.7. The van der Waals surface area contributed by atoms with E-state index in [0.717, 1.165) is 10.8 Å². The van der Waals surface area contributed by atoms with Crippen molar-refractivity contribution < 1.29 is 28.1 Å². The quantitative estimate of drug-likeness (QED) is 0.107. The molecule has 12 heteroatoms. The summed E-state index contributed by atoms with van der Waals surface area (Å²) in [6.45, 7) is 7.48. The van der Waals surface area contributed by atoms with Gasteiger partial charge in [0.05, 0.1) is 23.3 Å². The number of ether oxygens (including phenoxy) is 2. The molecule has 1 fully saturated rings. The van der Waals surface area contributed by atoms with E-state index in [9.17, 15) is 9.59 Å². The maximum absolute atomic E-state index is 12.5. The molecule has 5 atom stereocenters. The molecule has 0 spiro atoms. The van der Waals surface area contributed by atoms with Gasteiger partial charge in [0.1, 0.15) is 23.9 Å². The largest absolute Gasteiger partial charge is 0.462 e. The first kappa shape index (κ1) is 31.0. The molecule has 1 aliphatic heterocycles. The molecule has 2 aromatic carbocycles. The van der Waals surface area contributed by atoms with Crippen LogP contribution in [0.25, 0.3) is 10.8 Å². The van der Waals surface area contributed by atoms with E-state index in [-0.39, 0.29) is 30.6 Å². The number of hydrogen-bond donors (Lipinski definition) is 2. The minimum absolute atomic E-state index is 0.0262. The van der Waals surface area contributed by atoms with Gasteiger partial charge in [-0.1, -0.05) is 43.3 Å². The number of nitrogens with one attached hydrogen (secondary N) is 1. The highest BCUT2D eigenvalue weighted by molar-refractivity contribution is 9.12. The minimum atomic E-state index is -1.76. The van der Waals surface area contributed by atoms with Crippen LogP contribution in [-0.2, 0) is 23.6 Å². The predicted octanol–water partition coefficient (Wildman–Crippen LogP) is 4.82. The second-order valence-electron chi connectivity index (χ2n) is 9.46. The van der Waals surface area contributed by atoms with Gasteiger partial charge in [-0.15, -0.1) is 0 Å². The normalized spacial score (nSPS) is 21.6. The molecule has 10 nitrogen and oxygen atoms in total. The van der Waals surface area contributed by atoms with Gasteiger partial charge in [-0.2, -0.15) is 0 Å². The van der Waals surface area contributed by atoms with E-state index in [1.807, 2.05) is 49.4 Å². The molecular formula is C27H36BrN4O6P. The van der Waals surface area contributed by atoms with Crippen molar-refractivity contribution in [3.63, 3.8) is 0 Å². The van der Waals surface area contributed by atoms with Crippen molar-refractivity contribution in [1.82, 2.24) is 9.99 Å². The Bertz CT molecular complexity index is 1190. The number of benzene rings is 2. The van der Waals surface area contributed by atoms with Crippen molar-refractivity contribution in [2.75, 3.05) is 13.7 Å². The van der Waals surface area contributed by atoms with E-state index in [0.29, 0.717) is 23.1 Å². The van der Waals surface area contributed by atoms with Crippen LogP contribution >= 0.6 is 24.5 Å². The van der Waals surface area contributed by atoms with Crippen LogP contribution in [0.15, 0.2) is 58.1 Å². The molecule has 1 amide bonds. The van der Waals surface area contributed by atoms with Crippen LogP contribution in [0, 0.1) is 5.92 Å². The molecule has 0 aliphatic carbocycles. The highest BCUT2D eigenvalue weighted by Gasteiger charge is 2.37. The molecule has 3 N–H and O–H groups in total. The molecule has 0 radical (unpaired) electrons. The predicted molar refractivity (Wildman–Crippen MR) is 156 cm³/mol. The van der Waals surface area contributed by atoms with E-state index in [4.69, 9.17) is 24.3 Å². The molecule has 1 heterocycles. The van der Waals surface area contributed by atoms with Crippen molar-refractivity contribution in [2.24, 2.45) is 16.6 Å². The molecule has 212 valence electrons. The number of aliphatic imine (C=N–C) groups is 1. The average molecular weight is 623 g/mol. The van der Waals surface area contributed by atoms with Crippen LogP contribution in [0.5, 0.6) is 5.75 Å². The Labute approximate surface area is 239 Å². The first-order chi connectivity index (χ1) is 18.6. The smallest absolute Gasteiger partial charge is 0.323 e. The number of halogens is 1. The second kappa shape index (κ2) is 14.7. The fraction of sp³-hybridized carbons (Fsp3) is 0.444. The lowest BCUT2D eigenvalue weighted by Gasteiger charge is -2.26. The Morgan fingerprint density at radius 1 is 1.28 bits per heavy atom. The third-order valence-corrected chi connectivity index (χ3v) is 7.89. The summed E-state index contributed by atoms with van der Waals surface area (Å²) in [6.07, 6.45) is 1.84. The Hall–Kier alpha value is -2.56. The standard InChI is InChI=1S/C27H36BrN4O6P/c1-17(2)36-27(34)19(4)31-39(38-24-12-8-10-20-9-6-7-11-22(20)24)35-15-21-13-18(3)26(37-21)32(16-33)14-23(28)25(29)30-5/h6-12,14,16-19,21,26,31H,13,15H2,1-5H3,(H2,29,30)/b23-14+. The zero-order valence-corrected chi connectivity index (χ0v) is 25.2. The lowest BCUT2D eigenvalue weighted by molar-refractivity contribution is -0.149. The van der Waals surface area contributed by atoms with Crippen molar-refractivity contribution in [2.45, 2.75) is 58.6 Å². The van der Waals surface area contributed by atoms with Crippen molar-refractivity contribution in [3.05, 3.63) is 53.1 Å². The highest BCUT2D eigenvalue weighted by atomic mass is 79.9. The molecule has 0 aromatic heterocycles. The summed E-state index contributed by atoms with van der Waals surface area (Å²) in [5, 5.41) is 5.09. The van der Waals surface area contributed by atoms with Gasteiger partial charge in [0.15, 0.2) is 0 Å². The fourth-order valence-electron chi connectivity index (χ4n) is 4.01. The minimum Gasteiger partial charge on any atom is -0.462 e. The number of rotatable bonds is 13. The van der Waals surface area contributed by atoms with E-state index in [1.54, 1.807) is 34.0 Å². The number of carbonyl (C=O) groups is 2. The van der Waals surface area contributed by atoms with Crippen LogP contribution in [0.2, 0.25) is 0 Å². The number of nitrogens with two attached hydrogens (primary N) is 1. The average Bonchev–Trinajstić information content (AvgIpc) is 3.29. The fourth-order valence-corrected chi connectivity index (χ4v) is 5.66. The van der Waals surface area contributed by atoms with Gasteiger partial charge in [0.2, 0.25) is 6.41 Å². The number of carbonyl (C=O) groups excluding carboxylic acids is 2. The number of nitrogens with zero attached hydrogens (tertiary/aromatic N) is 2. The van der Waals surface area contributed by atoms with Crippen LogP contribution < -0.4 is 15.3 Å². The topological polar surface area (TPSA) is 125 Å². The Morgan fingerprint density at radius 2 is 2.00 bits per heavy atom. The summed E-state index contributed by atoms with van der Waals surface area (Å²) in [5.41, 5.74) is 5.83. The molecule has 3 rings (SSSR count). The van der Waals surface area contributed by atoms with E-state index in [2.05, 4.69) is 26.0 Å². The number of amidine groups is 1. The number of amides is 1. The van der Waals surface area contributed by atoms with Crippen LogP contribution in [-0.4, -0.2) is 61.2 Å². The first-order valence-electron chi connectivity index (χ1n) is 12.7. The van der Waals surface area contributed by atoms with Crippen molar-refractivity contribution in [3.8, 4) is 5.75 Å². The van der Waals surface area contributed by atoms with E-state index in [1.165, 1.54) is 4.90 Å². The van der Waals surface area contributed by atoms with Crippen LogP contribution in [0.3, 0.4) is 0 Å². The molecule has 0 saturated carbocycles. The second-order valence-corrected chi connectivity index (χ2v) is 11.5. The molecular weight excluding hydrogens is 587 g/mol. The van der Waals surface area contributed by atoms with Gasteiger partial charge in [0.25, 0.3) is 0 Å². The number of hydrogen-bond acceptors (Lipinski definition) is 8. The van der Waals surface area contributed by atoms with Gasteiger partial charge in [0, 0.05) is 24.6 Å². The zero-order chi connectivity index (χ0) is 28.5. The summed E-state index contributed by atoms with van der Waals surface area (Å²) in [7, 11) is -0.198. The monoisotopic (exact) mass is 622 g/mol. The zero-order valence-electron chi connectivity index (χ0n) is 22.7. The summed E-state index contributed by atoms with van der Waals surface area (Å²) in [6, 6.07) is 13.0. The Balaban J connectivity index is 1.73. The van der Waals surface area contributed by atoms with Gasteiger partial charge in [-0.25, -0.2) is 5.09 Å². The molecule has 39 heavy (non-hydrogen) atoms. The van der Waals surface area contributed by atoms with Crippen molar-refractivity contribution in [1.29, 1.82) is 0 Å². The molecule has 0 bridgehead atoms. The number of esters is 1. The lowest BCUT2D eigenvalue weighted by atomic mass is 10.1. The Morgan fingerprint density at radius 3 is 2.69 bits per heavy atom. The van der Waals surface area contributed by atoms with Crippen LogP contribution in [0.4, 0.5) is 0 Å². The third kappa shape index (κ3) is 8.71. The molecule has 5 unspecified atom stereocenters. The maximum Gasteiger partial charge on any atom is 0.323 e. The molecule has 1 aliphatic rings. The van der Waals surface area contributed by atoms with Crippen LogP contribution in [0.1, 0.15) is 34.1 Å². The lowest BCUT2D eigenvalue weighted by Crippen LogP contribution is -2.36. The van der Waals surface area contributed by atoms with E-state index < -0.39 is 26.8 Å². The van der Waals surface area contributed by atoms with E-state index >= 15 is 0 Å². The van der Waals surface area contributed by atoms with Crippen molar-refractivity contribution >= 4 is 53.4 Å². The summed E-state index contributed by atoms with van der Waals surface area (Å²) in [5.74, 6) is 0.521. The SMILES string of the molecule is C/N=C(N)\C(Br)=C/N(C=O)C1OC(COP(NC(C)C(=O)OC(C)C)Oc2cccc3ccccc23)CC1C. The Kier molecular flexibility index (Phi) is 11.7. The summed E-state index contributed by atoms with van der Waals surface area (Å²) >= 11 is 3.34. The first-order valence-corrected chi connectivity index (χ1v) is 14.6. The highest BCUT2D eigenvalue weighted by Crippen LogP contribution is 2.41. The molecule has 1 saturated heterocycles. The van der Waals surface area contributed by atoms with Gasteiger partial charge >= 0.3 is 14.5 Å². The number of fused-ring (bicyclic) bond motifs is 1. The molecule has 2 aromatic rings. The van der Waals surface area contributed by atoms with Gasteiger partial charge < -0.3 is 24.3 Å². The van der Waals surface area contributed by atoms with Gasteiger partial charge in [-0.05, 0) is 54.6 Å².